The molecule has 0 unspecified atom stereocenters. The molecule has 12 heteroatoms. The number of para-hydroxylation sites is 2. The topological polar surface area (TPSA) is 122 Å². The number of fused-ring (bicyclic) bond motifs is 1. The van der Waals surface area contributed by atoms with E-state index >= 15 is 0 Å². The van der Waals surface area contributed by atoms with Gasteiger partial charge in [-0.15, -0.1) is 0 Å². The fraction of sp³-hybridized carbons (Fsp3) is 0. The zero-order valence-corrected chi connectivity index (χ0v) is 31.8. The largest absolute Gasteiger partial charge is 0.488 e. The predicted octanol–water partition coefficient (Wildman–Crippen LogP) is 3.93. The number of amides is 2. The Morgan fingerprint density at radius 1 is 0.561 bits per heavy atom. The number of carbonyl (C=O) groups excluding carboxylic acids is 2. The molecule has 209 valence electrons. The Kier molecular flexibility index (Phi) is 29.0. The summed E-state index contributed by atoms with van der Waals surface area (Å²) in [6, 6.07) is 33.3. The first-order valence-electron chi connectivity index (χ1n) is 10.5. The van der Waals surface area contributed by atoms with Crippen LogP contribution in [0, 0.1) is 22.3 Å². The summed E-state index contributed by atoms with van der Waals surface area (Å²) in [6.45, 7) is 0. The van der Waals surface area contributed by atoms with Crippen molar-refractivity contribution in [3.05, 3.63) is 149 Å². The van der Waals surface area contributed by atoms with E-state index in [0.717, 1.165) is 5.06 Å². The third kappa shape index (κ3) is 14.7. The molecule has 1 aliphatic heterocycles. The monoisotopic (exact) mass is 782 g/mol. The maximum absolute atomic E-state index is 12.0. The van der Waals surface area contributed by atoms with E-state index in [9.17, 15) is 9.59 Å². The van der Waals surface area contributed by atoms with E-state index in [-0.39, 0.29) is 120 Å². The van der Waals surface area contributed by atoms with Gasteiger partial charge in [-0.2, -0.15) is 5.90 Å². The molecular formula is C29H32BN2O6Y3-3. The second-order valence-corrected chi connectivity index (χ2v) is 7.07. The van der Waals surface area contributed by atoms with Crippen molar-refractivity contribution in [2.24, 2.45) is 5.90 Å². The number of imide groups is 1. The Hall–Kier alpha value is -1.12. The number of nitrogens with zero attached hydrogens (tertiary/aromatic N) is 1. The van der Waals surface area contributed by atoms with Gasteiger partial charge in [-0.3, -0.25) is 9.59 Å². The maximum Gasteiger partial charge on any atom is 0.488 e. The van der Waals surface area contributed by atoms with E-state index < -0.39 is 18.9 Å². The Morgan fingerprint density at radius 3 is 1.22 bits per heavy atom. The molecule has 0 saturated carbocycles. The molecule has 3 radical (unpaired) electrons. The van der Waals surface area contributed by atoms with E-state index in [0.29, 0.717) is 28.1 Å². The normalized spacial score (nSPS) is 9.68. The minimum Gasteiger partial charge on any atom is -0.423 e. The van der Waals surface area contributed by atoms with Crippen LogP contribution in [0.2, 0.25) is 0 Å². The van der Waals surface area contributed by atoms with Crippen LogP contribution < -0.4 is 21.0 Å². The molecule has 4 aromatic rings. The van der Waals surface area contributed by atoms with Crippen LogP contribution in [0.3, 0.4) is 0 Å². The van der Waals surface area contributed by atoms with E-state index in [4.69, 9.17) is 20.8 Å². The van der Waals surface area contributed by atoms with Gasteiger partial charge in [0.05, 0.1) is 11.1 Å². The molecule has 4 aromatic carbocycles. The summed E-state index contributed by atoms with van der Waals surface area (Å²) < 4.78 is 0. The van der Waals surface area contributed by atoms with Gasteiger partial charge in [-0.05, 0) is 41.9 Å². The van der Waals surface area contributed by atoms with Crippen molar-refractivity contribution in [1.29, 1.82) is 0 Å². The zero-order chi connectivity index (χ0) is 25.0. The third-order valence-electron chi connectivity index (χ3n) is 4.67. The molecule has 0 spiro atoms. The van der Waals surface area contributed by atoms with E-state index in [2.05, 4.69) is 4.84 Å². The van der Waals surface area contributed by atoms with Crippen molar-refractivity contribution in [3.63, 3.8) is 0 Å². The average molecular weight is 782 g/mol. The van der Waals surface area contributed by atoms with Crippen LogP contribution in [-0.2, 0) is 98.1 Å². The first-order valence-corrected chi connectivity index (χ1v) is 10.5. The SMILES string of the molecule is NOc1ccccc1.O=C1c2ccccc2C(=O)N1Oc1ccccc1.OB(O)c1ccccc1.[CH3-].[CH3-].[CH3-].[Y].[Y].[Y]. The summed E-state index contributed by atoms with van der Waals surface area (Å²) >= 11 is 0. The Morgan fingerprint density at radius 2 is 0.902 bits per heavy atom. The van der Waals surface area contributed by atoms with Crippen molar-refractivity contribution in [1.82, 2.24) is 5.06 Å². The summed E-state index contributed by atoms with van der Waals surface area (Å²) in [5.74, 6) is 5.13. The van der Waals surface area contributed by atoms with Gasteiger partial charge in [0.15, 0.2) is 5.75 Å². The molecule has 0 bridgehead atoms. The summed E-state index contributed by atoms with van der Waals surface area (Å²) in [5.41, 5.74) is 1.27. The van der Waals surface area contributed by atoms with Crippen LogP contribution in [0.5, 0.6) is 11.5 Å². The van der Waals surface area contributed by atoms with E-state index in [1.54, 1.807) is 84.9 Å². The molecule has 8 nitrogen and oxygen atoms in total. The number of nitrogens with two attached hydrogens (primary N) is 1. The summed E-state index contributed by atoms with van der Waals surface area (Å²) in [5, 5.41) is 18.0. The zero-order valence-electron chi connectivity index (χ0n) is 23.3. The van der Waals surface area contributed by atoms with Gasteiger partial charge in [-0.1, -0.05) is 83.9 Å². The molecule has 0 fully saturated rings. The van der Waals surface area contributed by atoms with Crippen molar-refractivity contribution >= 4 is 24.4 Å². The van der Waals surface area contributed by atoms with Crippen LogP contribution in [0.4, 0.5) is 0 Å². The molecular weight excluding hydrogens is 750 g/mol. The second kappa shape index (κ2) is 25.4. The van der Waals surface area contributed by atoms with Crippen LogP contribution >= 0.6 is 0 Å². The fourth-order valence-electron chi connectivity index (χ4n) is 2.96. The van der Waals surface area contributed by atoms with Crippen molar-refractivity contribution in [2.45, 2.75) is 0 Å². The molecule has 5 rings (SSSR count). The number of hydroxylamine groups is 2. The molecule has 0 aromatic heterocycles. The fourth-order valence-corrected chi connectivity index (χ4v) is 2.96. The van der Waals surface area contributed by atoms with Crippen LogP contribution in [0.15, 0.2) is 115 Å². The Labute approximate surface area is 319 Å². The number of carbonyl (C=O) groups is 2. The second-order valence-electron chi connectivity index (χ2n) is 7.07. The first kappa shape index (κ1) is 46.8. The van der Waals surface area contributed by atoms with Crippen molar-refractivity contribution in [3.8, 4) is 11.5 Å². The summed E-state index contributed by atoms with van der Waals surface area (Å²) in [7, 11) is -1.34. The number of hydrogen-bond donors (Lipinski definition) is 3. The minimum absolute atomic E-state index is 0. The quantitative estimate of drug-likeness (QED) is 0.124. The van der Waals surface area contributed by atoms with Gasteiger partial charge in [-0.25, -0.2) is 0 Å². The minimum atomic E-state index is -1.34. The Balaban J connectivity index is -0.000000258. The maximum atomic E-state index is 12.0. The van der Waals surface area contributed by atoms with Gasteiger partial charge < -0.3 is 42.0 Å². The van der Waals surface area contributed by atoms with Gasteiger partial charge in [0.1, 0.15) is 5.75 Å². The molecule has 4 N–H and O–H groups in total. The van der Waals surface area contributed by atoms with Gasteiger partial charge in [0.2, 0.25) is 0 Å². The van der Waals surface area contributed by atoms with Crippen LogP contribution in [0.1, 0.15) is 20.7 Å². The molecule has 2 amide bonds. The van der Waals surface area contributed by atoms with Gasteiger partial charge >= 0.3 is 7.12 Å². The van der Waals surface area contributed by atoms with Crippen LogP contribution in [-0.4, -0.2) is 34.0 Å². The van der Waals surface area contributed by atoms with Crippen molar-refractivity contribution in [2.75, 3.05) is 0 Å². The third-order valence-corrected chi connectivity index (χ3v) is 4.67. The molecule has 0 saturated heterocycles. The molecule has 0 aliphatic carbocycles. The molecule has 41 heavy (non-hydrogen) atoms. The number of benzene rings is 4. The molecule has 0 atom stereocenters. The van der Waals surface area contributed by atoms with Crippen molar-refractivity contribution < 1.29 is 127 Å². The summed E-state index contributed by atoms with van der Waals surface area (Å²) in [6.07, 6.45) is 0. The van der Waals surface area contributed by atoms with E-state index in [1.165, 1.54) is 0 Å². The smallest absolute Gasteiger partial charge is 0.423 e. The van der Waals surface area contributed by atoms with E-state index in [1.807, 2.05) is 30.3 Å². The standard InChI is InChI=1S/C14H9NO3.C6H7BO2.C6H7NO.3CH3.3Y/c16-13-11-8-4-5-9-12(11)14(17)15(13)18-10-6-2-1-3-7-10;8-7(9)6-4-2-1-3-5-6;7-8-6-4-2-1-3-5-6;;;;;;/h1-9H;1-5,8-9H;1-5H,7H2;3*1H3;;;/q;;;3*-1;;;. The first-order chi connectivity index (χ1) is 17.0. The molecule has 1 aliphatic rings. The van der Waals surface area contributed by atoms with Crippen LogP contribution in [0.25, 0.3) is 0 Å². The average Bonchev–Trinajstić information content (AvgIpc) is 3.16. The molecule has 1 heterocycles. The number of rotatable bonds is 4. The van der Waals surface area contributed by atoms with Gasteiger partial charge in [0, 0.05) is 98.1 Å². The van der Waals surface area contributed by atoms with Gasteiger partial charge in [0.25, 0.3) is 11.8 Å². The predicted molar refractivity (Wildman–Crippen MR) is 151 cm³/mol. The number of hydrogen-bond acceptors (Lipinski definition) is 7. The Bertz CT molecular complexity index is 1210. The summed E-state index contributed by atoms with van der Waals surface area (Å²) in [4.78, 5) is 33.7.